The van der Waals surface area contributed by atoms with Gasteiger partial charge in [0.1, 0.15) is 5.75 Å². The number of aliphatic hydroxyl groups is 1. The number of alkyl halides is 3. The van der Waals surface area contributed by atoms with Gasteiger partial charge in [-0.3, -0.25) is 0 Å². The molecular weight excluding hydrogens is 245 g/mol. The predicted molar refractivity (Wildman–Crippen MR) is 60.1 cm³/mol. The monoisotopic (exact) mass is 260 g/mol. The van der Waals surface area contributed by atoms with Crippen LogP contribution in [0.3, 0.4) is 0 Å². The van der Waals surface area contributed by atoms with Crippen LogP contribution < -0.4 is 4.74 Å². The molecule has 1 aromatic carbocycles. The van der Waals surface area contributed by atoms with Crippen molar-refractivity contribution in [3.63, 3.8) is 0 Å². The maximum atomic E-state index is 12.0. The van der Waals surface area contributed by atoms with Crippen molar-refractivity contribution in [1.82, 2.24) is 0 Å². The lowest BCUT2D eigenvalue weighted by Crippen LogP contribution is -2.28. The standard InChI is InChI=1S/C13H15F3O2/c14-13(15,16)18-11-6-4-10(5-7-11)12(17)8-2-1-3-9-12/h4-7,17H,1-3,8-9H2. The molecule has 0 aromatic heterocycles. The van der Waals surface area contributed by atoms with Crippen LogP contribution in [-0.2, 0) is 5.60 Å². The van der Waals surface area contributed by atoms with Gasteiger partial charge in [0.2, 0.25) is 0 Å². The summed E-state index contributed by atoms with van der Waals surface area (Å²) in [7, 11) is 0. The summed E-state index contributed by atoms with van der Waals surface area (Å²) in [4.78, 5) is 0. The molecule has 1 aliphatic rings. The molecule has 5 heteroatoms. The molecule has 0 spiro atoms. The summed E-state index contributed by atoms with van der Waals surface area (Å²) in [6, 6.07) is 5.50. The average molecular weight is 260 g/mol. The molecule has 0 radical (unpaired) electrons. The normalized spacial score (nSPS) is 19.6. The summed E-state index contributed by atoms with van der Waals surface area (Å²) >= 11 is 0. The topological polar surface area (TPSA) is 29.5 Å². The van der Waals surface area contributed by atoms with E-state index in [2.05, 4.69) is 4.74 Å². The quantitative estimate of drug-likeness (QED) is 0.877. The zero-order chi connectivity index (χ0) is 13.2. The highest BCUT2D eigenvalue weighted by Crippen LogP contribution is 2.37. The highest BCUT2D eigenvalue weighted by atomic mass is 19.4. The summed E-state index contributed by atoms with van der Waals surface area (Å²) < 4.78 is 39.8. The molecule has 1 saturated carbocycles. The van der Waals surface area contributed by atoms with Gasteiger partial charge < -0.3 is 9.84 Å². The van der Waals surface area contributed by atoms with E-state index in [1.54, 1.807) is 0 Å². The Bertz CT molecular complexity index is 392. The van der Waals surface area contributed by atoms with Crippen molar-refractivity contribution in [2.45, 2.75) is 44.1 Å². The first-order valence-corrected chi connectivity index (χ1v) is 5.98. The maximum absolute atomic E-state index is 12.0. The molecule has 0 atom stereocenters. The summed E-state index contributed by atoms with van der Waals surface area (Å²) in [5, 5.41) is 10.4. The minimum atomic E-state index is -4.68. The summed E-state index contributed by atoms with van der Waals surface area (Å²) in [6.07, 6.45) is -0.381. The molecule has 0 amide bonds. The molecule has 18 heavy (non-hydrogen) atoms. The number of ether oxygens (including phenoxy) is 1. The van der Waals surface area contributed by atoms with Crippen LogP contribution in [0.2, 0.25) is 0 Å². The van der Waals surface area contributed by atoms with Crippen LogP contribution in [0.5, 0.6) is 5.75 Å². The molecular formula is C13H15F3O2. The molecule has 0 bridgehead atoms. The lowest BCUT2D eigenvalue weighted by Gasteiger charge is -2.32. The number of rotatable bonds is 2. The molecule has 1 aromatic rings. The summed E-state index contributed by atoms with van der Waals surface area (Å²) in [5.41, 5.74) is -0.230. The fraction of sp³-hybridized carbons (Fsp3) is 0.538. The second kappa shape index (κ2) is 4.80. The van der Waals surface area contributed by atoms with Crippen molar-refractivity contribution in [2.75, 3.05) is 0 Å². The smallest absolute Gasteiger partial charge is 0.406 e. The molecule has 2 nitrogen and oxygen atoms in total. The van der Waals surface area contributed by atoms with E-state index >= 15 is 0 Å². The third-order valence-electron chi connectivity index (χ3n) is 3.31. The molecule has 2 rings (SSSR count). The van der Waals surface area contributed by atoms with Gasteiger partial charge in [-0.2, -0.15) is 0 Å². The van der Waals surface area contributed by atoms with Gasteiger partial charge in [-0.05, 0) is 30.5 Å². The predicted octanol–water partition coefficient (Wildman–Crippen LogP) is 3.74. The van der Waals surface area contributed by atoms with Crippen LogP contribution in [0, 0.1) is 0 Å². The Kier molecular flexibility index (Phi) is 3.52. The van der Waals surface area contributed by atoms with Gasteiger partial charge in [-0.1, -0.05) is 31.4 Å². The lowest BCUT2D eigenvalue weighted by molar-refractivity contribution is -0.274. The number of benzene rings is 1. The Morgan fingerprint density at radius 3 is 2.06 bits per heavy atom. The van der Waals surface area contributed by atoms with Gasteiger partial charge in [0.15, 0.2) is 0 Å². The van der Waals surface area contributed by atoms with Crippen LogP contribution in [-0.4, -0.2) is 11.5 Å². The summed E-state index contributed by atoms with van der Waals surface area (Å²) in [6.45, 7) is 0. The zero-order valence-electron chi connectivity index (χ0n) is 9.83. The van der Waals surface area contributed by atoms with Gasteiger partial charge in [-0.15, -0.1) is 13.2 Å². The van der Waals surface area contributed by atoms with Gasteiger partial charge in [0, 0.05) is 0 Å². The van der Waals surface area contributed by atoms with Crippen LogP contribution in [0.15, 0.2) is 24.3 Å². The summed E-state index contributed by atoms with van der Waals surface area (Å²) in [5.74, 6) is -0.259. The van der Waals surface area contributed by atoms with Crippen molar-refractivity contribution in [3.8, 4) is 5.75 Å². The molecule has 0 aliphatic heterocycles. The first kappa shape index (κ1) is 13.2. The average Bonchev–Trinajstić information content (AvgIpc) is 2.28. The van der Waals surface area contributed by atoms with Crippen LogP contribution >= 0.6 is 0 Å². The first-order chi connectivity index (χ1) is 8.39. The van der Waals surface area contributed by atoms with Crippen LogP contribution in [0.1, 0.15) is 37.7 Å². The van der Waals surface area contributed by atoms with Gasteiger partial charge in [0.25, 0.3) is 0 Å². The minimum absolute atomic E-state index is 0.259. The Morgan fingerprint density at radius 1 is 1.00 bits per heavy atom. The fourth-order valence-corrected chi connectivity index (χ4v) is 2.39. The van der Waals surface area contributed by atoms with Crippen molar-refractivity contribution in [2.24, 2.45) is 0 Å². The fourth-order valence-electron chi connectivity index (χ4n) is 2.39. The van der Waals surface area contributed by atoms with E-state index in [0.29, 0.717) is 18.4 Å². The molecule has 1 fully saturated rings. The van der Waals surface area contributed by atoms with Crippen LogP contribution in [0.25, 0.3) is 0 Å². The van der Waals surface area contributed by atoms with E-state index < -0.39 is 12.0 Å². The highest BCUT2D eigenvalue weighted by Gasteiger charge is 2.33. The Morgan fingerprint density at radius 2 is 1.56 bits per heavy atom. The van der Waals surface area contributed by atoms with Crippen molar-refractivity contribution in [3.05, 3.63) is 29.8 Å². The molecule has 0 saturated heterocycles. The molecule has 100 valence electrons. The van der Waals surface area contributed by atoms with E-state index in [-0.39, 0.29) is 5.75 Å². The van der Waals surface area contributed by atoms with Gasteiger partial charge >= 0.3 is 6.36 Å². The molecule has 0 heterocycles. The van der Waals surface area contributed by atoms with E-state index in [4.69, 9.17) is 0 Å². The Hall–Kier alpha value is -1.23. The van der Waals surface area contributed by atoms with Crippen LogP contribution in [0.4, 0.5) is 13.2 Å². The van der Waals surface area contributed by atoms with Crippen molar-refractivity contribution in [1.29, 1.82) is 0 Å². The Balaban J connectivity index is 2.12. The molecule has 1 aliphatic carbocycles. The largest absolute Gasteiger partial charge is 0.573 e. The second-order valence-electron chi connectivity index (χ2n) is 4.66. The minimum Gasteiger partial charge on any atom is -0.406 e. The second-order valence-corrected chi connectivity index (χ2v) is 4.66. The lowest BCUT2D eigenvalue weighted by atomic mass is 9.80. The Labute approximate surface area is 103 Å². The SMILES string of the molecule is OC1(c2ccc(OC(F)(F)F)cc2)CCCCC1. The number of halogens is 3. The van der Waals surface area contributed by atoms with Crippen molar-refractivity contribution < 1.29 is 23.0 Å². The number of hydrogen-bond donors (Lipinski definition) is 1. The third-order valence-corrected chi connectivity index (χ3v) is 3.31. The van der Waals surface area contributed by atoms with E-state index in [1.807, 2.05) is 0 Å². The first-order valence-electron chi connectivity index (χ1n) is 5.98. The highest BCUT2D eigenvalue weighted by molar-refractivity contribution is 5.31. The third kappa shape index (κ3) is 3.16. The van der Waals surface area contributed by atoms with E-state index in [9.17, 15) is 18.3 Å². The van der Waals surface area contributed by atoms with Gasteiger partial charge in [-0.25, -0.2) is 0 Å². The zero-order valence-corrected chi connectivity index (χ0v) is 9.83. The maximum Gasteiger partial charge on any atom is 0.573 e. The van der Waals surface area contributed by atoms with E-state index in [0.717, 1.165) is 19.3 Å². The van der Waals surface area contributed by atoms with Gasteiger partial charge in [0.05, 0.1) is 5.60 Å². The van der Waals surface area contributed by atoms with Crippen molar-refractivity contribution >= 4 is 0 Å². The molecule has 1 N–H and O–H groups in total. The van der Waals surface area contributed by atoms with E-state index in [1.165, 1.54) is 24.3 Å². The molecule has 0 unspecified atom stereocenters. The number of hydrogen-bond acceptors (Lipinski definition) is 2.